The molecule has 0 heterocycles. The maximum atomic E-state index is 9.29. The molecule has 0 aliphatic heterocycles. The summed E-state index contributed by atoms with van der Waals surface area (Å²) in [5, 5.41) is 10.8. The summed E-state index contributed by atoms with van der Waals surface area (Å²) in [5.74, 6) is 0. The van der Waals surface area contributed by atoms with Gasteiger partial charge in [-0.05, 0) is 61.1 Å². The van der Waals surface area contributed by atoms with Crippen LogP contribution in [0.3, 0.4) is 0 Å². The maximum absolute atomic E-state index is 9.29. The Hall–Kier alpha value is -3.81. The van der Waals surface area contributed by atoms with E-state index >= 15 is 0 Å². The van der Waals surface area contributed by atoms with Crippen LogP contribution in [0.25, 0.3) is 53.9 Å². The minimum Gasteiger partial charge on any atom is -0.0622 e. The lowest BCUT2D eigenvalue weighted by Crippen LogP contribution is -1.87. The normalized spacial score (nSPS) is 11.0. The molecule has 0 unspecified atom stereocenters. The SMILES string of the molecule is [N-]=[N+]=Nc1c(-c2ccccc2)c2ccccc2c2cc3ccccc3cc12. The first kappa shape index (κ1) is 15.4. The van der Waals surface area contributed by atoms with Crippen LogP contribution in [0.15, 0.2) is 96.1 Å². The Morgan fingerprint density at radius 2 is 1.19 bits per heavy atom. The van der Waals surface area contributed by atoms with E-state index in [1.165, 1.54) is 5.39 Å². The van der Waals surface area contributed by atoms with Gasteiger partial charge in [0, 0.05) is 4.91 Å². The maximum Gasteiger partial charge on any atom is 0.0538 e. The third kappa shape index (κ3) is 2.42. The topological polar surface area (TPSA) is 48.8 Å². The molecule has 5 aromatic rings. The molecule has 27 heavy (non-hydrogen) atoms. The standard InChI is InChI=1S/C24H15N3/c25-27-26-24-22-15-18-11-5-4-10-17(18)14-21(22)19-12-6-7-13-20(19)23(24)16-8-2-1-3-9-16/h1-15H. The largest absolute Gasteiger partial charge is 0.0622 e. The highest BCUT2D eigenvalue weighted by Gasteiger charge is 2.15. The zero-order chi connectivity index (χ0) is 18.2. The van der Waals surface area contributed by atoms with Gasteiger partial charge >= 0.3 is 0 Å². The molecule has 0 spiro atoms. The first-order valence-corrected chi connectivity index (χ1v) is 8.84. The van der Waals surface area contributed by atoms with Crippen molar-refractivity contribution >= 4 is 38.0 Å². The van der Waals surface area contributed by atoms with E-state index in [0.717, 1.165) is 38.1 Å². The lowest BCUT2D eigenvalue weighted by atomic mass is 9.90. The second-order valence-corrected chi connectivity index (χ2v) is 6.57. The van der Waals surface area contributed by atoms with Crippen LogP contribution in [0.1, 0.15) is 0 Å². The van der Waals surface area contributed by atoms with Gasteiger partial charge in [0.15, 0.2) is 0 Å². The van der Waals surface area contributed by atoms with Gasteiger partial charge in [-0.2, -0.15) is 0 Å². The molecule has 5 aromatic carbocycles. The quantitative estimate of drug-likeness (QED) is 0.103. The van der Waals surface area contributed by atoms with Crippen molar-refractivity contribution in [1.29, 1.82) is 0 Å². The molecule has 0 aromatic heterocycles. The van der Waals surface area contributed by atoms with Gasteiger partial charge in [-0.25, -0.2) is 0 Å². The Morgan fingerprint density at radius 1 is 0.593 bits per heavy atom. The van der Waals surface area contributed by atoms with E-state index in [4.69, 9.17) is 0 Å². The summed E-state index contributed by atoms with van der Waals surface area (Å²) in [6.45, 7) is 0. The van der Waals surface area contributed by atoms with E-state index in [-0.39, 0.29) is 0 Å². The van der Waals surface area contributed by atoms with E-state index in [0.29, 0.717) is 5.69 Å². The van der Waals surface area contributed by atoms with Gasteiger partial charge < -0.3 is 0 Å². The zero-order valence-electron chi connectivity index (χ0n) is 14.5. The molecule has 5 rings (SSSR count). The highest BCUT2D eigenvalue weighted by molar-refractivity contribution is 6.22. The van der Waals surface area contributed by atoms with Crippen LogP contribution in [0.5, 0.6) is 0 Å². The van der Waals surface area contributed by atoms with Crippen molar-refractivity contribution in [3.05, 3.63) is 101 Å². The van der Waals surface area contributed by atoms with E-state index in [2.05, 4.69) is 64.6 Å². The van der Waals surface area contributed by atoms with Crippen LogP contribution in [0.4, 0.5) is 5.69 Å². The monoisotopic (exact) mass is 345 g/mol. The fourth-order valence-corrected chi connectivity index (χ4v) is 3.90. The molecule has 0 saturated carbocycles. The lowest BCUT2D eigenvalue weighted by molar-refractivity contribution is 1.52. The van der Waals surface area contributed by atoms with Crippen molar-refractivity contribution in [2.45, 2.75) is 0 Å². The molecule has 0 aliphatic rings. The van der Waals surface area contributed by atoms with E-state index in [1.54, 1.807) is 0 Å². The minimum absolute atomic E-state index is 0.683. The fourth-order valence-electron chi connectivity index (χ4n) is 3.90. The Bertz CT molecular complexity index is 1360. The van der Waals surface area contributed by atoms with Crippen LogP contribution in [-0.4, -0.2) is 0 Å². The van der Waals surface area contributed by atoms with Crippen LogP contribution < -0.4 is 0 Å². The number of benzene rings is 5. The average molecular weight is 345 g/mol. The molecule has 0 amide bonds. The lowest BCUT2D eigenvalue weighted by Gasteiger charge is -2.16. The van der Waals surface area contributed by atoms with Crippen molar-refractivity contribution in [2.75, 3.05) is 0 Å². The molecule has 3 heteroatoms. The van der Waals surface area contributed by atoms with Gasteiger partial charge in [0.2, 0.25) is 0 Å². The number of rotatable bonds is 2. The number of hydrogen-bond donors (Lipinski definition) is 0. The molecule has 126 valence electrons. The average Bonchev–Trinajstić information content (AvgIpc) is 2.73. The highest BCUT2D eigenvalue weighted by atomic mass is 15.1. The highest BCUT2D eigenvalue weighted by Crippen LogP contribution is 2.45. The first-order chi connectivity index (χ1) is 13.4. The second kappa shape index (κ2) is 6.17. The predicted molar refractivity (Wildman–Crippen MR) is 113 cm³/mol. The van der Waals surface area contributed by atoms with Crippen molar-refractivity contribution in [3.63, 3.8) is 0 Å². The summed E-state index contributed by atoms with van der Waals surface area (Å²) in [4.78, 5) is 3.15. The van der Waals surface area contributed by atoms with Gasteiger partial charge in [-0.15, -0.1) is 0 Å². The van der Waals surface area contributed by atoms with Crippen molar-refractivity contribution in [3.8, 4) is 11.1 Å². The summed E-state index contributed by atoms with van der Waals surface area (Å²) < 4.78 is 0. The minimum atomic E-state index is 0.683. The van der Waals surface area contributed by atoms with Gasteiger partial charge in [0.1, 0.15) is 0 Å². The molecule has 3 nitrogen and oxygen atoms in total. The molecule has 0 atom stereocenters. The predicted octanol–water partition coefficient (Wildman–Crippen LogP) is 7.76. The summed E-state index contributed by atoms with van der Waals surface area (Å²) in [5.41, 5.74) is 12.0. The smallest absolute Gasteiger partial charge is 0.0538 e. The second-order valence-electron chi connectivity index (χ2n) is 6.57. The fraction of sp³-hybridized carbons (Fsp3) is 0. The van der Waals surface area contributed by atoms with E-state index in [9.17, 15) is 5.53 Å². The Kier molecular flexibility index (Phi) is 3.53. The van der Waals surface area contributed by atoms with Crippen LogP contribution in [0.2, 0.25) is 0 Å². The van der Waals surface area contributed by atoms with E-state index in [1.807, 2.05) is 36.4 Å². The van der Waals surface area contributed by atoms with Crippen molar-refractivity contribution < 1.29 is 0 Å². The van der Waals surface area contributed by atoms with Crippen LogP contribution in [0, 0.1) is 0 Å². The molecular formula is C24H15N3. The van der Waals surface area contributed by atoms with Gasteiger partial charge in [-0.3, -0.25) is 0 Å². The van der Waals surface area contributed by atoms with Gasteiger partial charge in [-0.1, -0.05) is 84.0 Å². The molecule has 0 saturated heterocycles. The molecule has 0 N–H and O–H groups in total. The van der Waals surface area contributed by atoms with E-state index < -0.39 is 0 Å². The molecular weight excluding hydrogens is 330 g/mol. The third-order valence-corrected chi connectivity index (χ3v) is 5.07. The first-order valence-electron chi connectivity index (χ1n) is 8.84. The van der Waals surface area contributed by atoms with Crippen LogP contribution >= 0.6 is 0 Å². The molecule has 0 bridgehead atoms. The Balaban J connectivity index is 2.08. The van der Waals surface area contributed by atoms with Crippen molar-refractivity contribution in [1.82, 2.24) is 0 Å². The summed E-state index contributed by atoms with van der Waals surface area (Å²) in [6, 6.07) is 31.1. The molecule has 0 radical (unpaired) electrons. The van der Waals surface area contributed by atoms with Gasteiger partial charge in [0.25, 0.3) is 0 Å². The summed E-state index contributed by atoms with van der Waals surface area (Å²) in [7, 11) is 0. The third-order valence-electron chi connectivity index (χ3n) is 5.07. The zero-order valence-corrected chi connectivity index (χ0v) is 14.5. The Morgan fingerprint density at radius 3 is 1.89 bits per heavy atom. The molecule has 0 fully saturated rings. The van der Waals surface area contributed by atoms with Crippen LogP contribution in [-0.2, 0) is 0 Å². The Labute approximate surface area is 156 Å². The van der Waals surface area contributed by atoms with Gasteiger partial charge in [0.05, 0.1) is 5.69 Å². The number of fused-ring (bicyclic) bond motifs is 4. The van der Waals surface area contributed by atoms with Crippen molar-refractivity contribution in [2.24, 2.45) is 5.11 Å². The molecule has 0 aliphatic carbocycles. The number of hydrogen-bond acceptors (Lipinski definition) is 1. The number of nitrogens with zero attached hydrogens (tertiary/aromatic N) is 3. The number of azide groups is 1. The summed E-state index contributed by atoms with van der Waals surface area (Å²) >= 11 is 0. The summed E-state index contributed by atoms with van der Waals surface area (Å²) in [6.07, 6.45) is 0.